The normalized spacial score (nSPS) is 17.4. The number of carbonyl (C=O) groups is 1. The quantitative estimate of drug-likeness (QED) is 0.526. The molecule has 0 saturated heterocycles. The van der Waals surface area contributed by atoms with Crippen molar-refractivity contribution in [1.82, 2.24) is 0 Å². The molecule has 1 aromatic rings. The summed E-state index contributed by atoms with van der Waals surface area (Å²) in [6.45, 7) is 7.76. The van der Waals surface area contributed by atoms with E-state index in [2.05, 4.69) is 41.3 Å². The fraction of sp³-hybridized carbons (Fsp3) is 0.550. The standard InChI is InChI=1S/C20H25F3N2O2Si/c1-14(26)17(6-5-13-28(2,3)4)18(27)12-9-15-7-10-16(11-8-15)19(24-25-19)20(21,22)23/h7-8,10-11,17-18,27H,6,9,12H2,1-4H3/t17-,18+/m0/s1. The lowest BCUT2D eigenvalue weighted by Gasteiger charge is -2.19. The Kier molecular flexibility index (Phi) is 6.51. The highest BCUT2D eigenvalue weighted by Gasteiger charge is 2.65. The smallest absolute Gasteiger partial charge is 0.392 e. The number of aryl methyl sites for hydroxylation is 1. The summed E-state index contributed by atoms with van der Waals surface area (Å²) in [5.74, 6) is 2.37. The monoisotopic (exact) mass is 410 g/mol. The van der Waals surface area contributed by atoms with Crippen LogP contribution in [0, 0.1) is 17.4 Å². The van der Waals surface area contributed by atoms with Crippen LogP contribution < -0.4 is 0 Å². The largest absolute Gasteiger partial charge is 0.442 e. The van der Waals surface area contributed by atoms with Crippen LogP contribution in [0.5, 0.6) is 0 Å². The van der Waals surface area contributed by atoms with Crippen LogP contribution in [0.4, 0.5) is 13.2 Å². The summed E-state index contributed by atoms with van der Waals surface area (Å²) in [6, 6.07) is 5.87. The molecule has 0 bridgehead atoms. The van der Waals surface area contributed by atoms with E-state index in [1.54, 1.807) is 12.1 Å². The molecule has 152 valence electrons. The average Bonchev–Trinajstić information content (AvgIpc) is 3.37. The number of ketones is 1. The number of aliphatic hydroxyl groups is 1. The zero-order chi connectivity index (χ0) is 21.2. The second-order valence-corrected chi connectivity index (χ2v) is 12.9. The molecule has 0 spiro atoms. The zero-order valence-corrected chi connectivity index (χ0v) is 17.5. The summed E-state index contributed by atoms with van der Waals surface area (Å²) >= 11 is 0. The molecule has 1 aliphatic heterocycles. The predicted molar refractivity (Wildman–Crippen MR) is 103 cm³/mol. The van der Waals surface area contributed by atoms with Crippen LogP contribution in [0.1, 0.15) is 30.9 Å². The van der Waals surface area contributed by atoms with E-state index < -0.39 is 31.9 Å². The van der Waals surface area contributed by atoms with Crippen molar-refractivity contribution in [3.8, 4) is 11.5 Å². The molecule has 1 aliphatic rings. The van der Waals surface area contributed by atoms with Crippen LogP contribution in [-0.4, -0.2) is 31.2 Å². The molecule has 0 radical (unpaired) electrons. The Labute approximate surface area is 164 Å². The maximum Gasteiger partial charge on any atom is 0.442 e. The van der Waals surface area contributed by atoms with Gasteiger partial charge in [-0.1, -0.05) is 43.9 Å². The van der Waals surface area contributed by atoms with E-state index in [0.29, 0.717) is 19.3 Å². The van der Waals surface area contributed by atoms with Gasteiger partial charge in [0.15, 0.2) is 0 Å². The topological polar surface area (TPSA) is 62.0 Å². The van der Waals surface area contributed by atoms with E-state index in [-0.39, 0.29) is 11.3 Å². The Morgan fingerprint density at radius 1 is 1.21 bits per heavy atom. The lowest BCUT2D eigenvalue weighted by Crippen LogP contribution is -2.30. The fourth-order valence-electron chi connectivity index (χ4n) is 2.84. The van der Waals surface area contributed by atoms with E-state index in [0.717, 1.165) is 5.56 Å². The number of halogens is 3. The molecule has 0 aliphatic carbocycles. The number of aliphatic hydroxyl groups excluding tert-OH is 1. The van der Waals surface area contributed by atoms with Crippen molar-refractivity contribution in [3.05, 3.63) is 35.4 Å². The number of alkyl halides is 3. The first kappa shape index (κ1) is 22.3. The molecule has 8 heteroatoms. The second kappa shape index (κ2) is 8.17. The van der Waals surface area contributed by atoms with E-state index >= 15 is 0 Å². The van der Waals surface area contributed by atoms with Gasteiger partial charge in [-0.15, -0.1) is 21.7 Å². The minimum atomic E-state index is -4.55. The van der Waals surface area contributed by atoms with Gasteiger partial charge in [-0.2, -0.15) is 13.2 Å². The van der Waals surface area contributed by atoms with Gasteiger partial charge in [0.05, 0.1) is 12.0 Å². The number of benzene rings is 1. The van der Waals surface area contributed by atoms with Gasteiger partial charge >= 0.3 is 11.8 Å². The van der Waals surface area contributed by atoms with Gasteiger partial charge in [0.25, 0.3) is 0 Å². The van der Waals surface area contributed by atoms with Crippen LogP contribution in [0.2, 0.25) is 19.6 Å². The van der Waals surface area contributed by atoms with Gasteiger partial charge in [-0.25, -0.2) is 0 Å². The number of nitrogens with zero attached hydrogens (tertiary/aromatic N) is 2. The third kappa shape index (κ3) is 5.52. The maximum atomic E-state index is 13.0. The van der Waals surface area contributed by atoms with Crippen molar-refractivity contribution in [1.29, 1.82) is 0 Å². The first-order chi connectivity index (χ1) is 12.9. The first-order valence-electron chi connectivity index (χ1n) is 9.14. The Morgan fingerprint density at radius 3 is 2.21 bits per heavy atom. The van der Waals surface area contributed by atoms with Crippen LogP contribution in [0.15, 0.2) is 34.5 Å². The molecule has 28 heavy (non-hydrogen) atoms. The van der Waals surface area contributed by atoms with Crippen molar-refractivity contribution in [2.45, 2.75) is 63.8 Å². The Balaban J connectivity index is 1.96. The molecule has 0 amide bonds. The first-order valence-corrected chi connectivity index (χ1v) is 12.6. The molecular formula is C20H25F3N2O2Si. The SMILES string of the molecule is CC(=O)[C@H](CC#C[Si](C)(C)C)[C@H](O)CCc1ccc(C2(C(F)(F)F)N=N2)cc1. The van der Waals surface area contributed by atoms with E-state index in [4.69, 9.17) is 0 Å². The van der Waals surface area contributed by atoms with Gasteiger partial charge in [-0.3, -0.25) is 4.79 Å². The number of carbonyl (C=O) groups excluding carboxylic acids is 1. The van der Waals surface area contributed by atoms with Crippen LogP contribution in [0.3, 0.4) is 0 Å². The number of hydrogen-bond donors (Lipinski definition) is 1. The van der Waals surface area contributed by atoms with E-state index in [9.17, 15) is 23.1 Å². The molecule has 1 heterocycles. The zero-order valence-electron chi connectivity index (χ0n) is 16.5. The molecule has 0 fully saturated rings. The lowest BCUT2D eigenvalue weighted by atomic mass is 9.90. The summed E-state index contributed by atoms with van der Waals surface area (Å²) in [4.78, 5) is 11.9. The van der Waals surface area contributed by atoms with E-state index in [1.807, 2.05) is 0 Å². The molecule has 0 saturated carbocycles. The van der Waals surface area contributed by atoms with Crippen molar-refractivity contribution in [2.24, 2.45) is 16.1 Å². The molecule has 2 rings (SSSR count). The average molecular weight is 411 g/mol. The molecule has 0 unspecified atom stereocenters. The summed E-state index contributed by atoms with van der Waals surface area (Å²) in [7, 11) is -1.54. The Hall–Kier alpha value is -1.98. The predicted octanol–water partition coefficient (Wildman–Crippen LogP) is 4.64. The fourth-order valence-corrected chi connectivity index (χ4v) is 3.47. The molecule has 1 aromatic carbocycles. The third-order valence-electron chi connectivity index (χ3n) is 4.55. The van der Waals surface area contributed by atoms with Crippen molar-refractivity contribution in [3.63, 3.8) is 0 Å². The number of hydrogen-bond acceptors (Lipinski definition) is 4. The summed E-state index contributed by atoms with van der Waals surface area (Å²) in [6.07, 6.45) is -4.30. The highest BCUT2D eigenvalue weighted by atomic mass is 28.3. The highest BCUT2D eigenvalue weighted by molar-refractivity contribution is 6.83. The van der Waals surface area contributed by atoms with Gasteiger partial charge in [0.2, 0.25) is 0 Å². The van der Waals surface area contributed by atoms with Crippen molar-refractivity contribution in [2.75, 3.05) is 0 Å². The van der Waals surface area contributed by atoms with Crippen LogP contribution >= 0.6 is 0 Å². The van der Waals surface area contributed by atoms with Crippen LogP contribution in [-0.2, 0) is 16.9 Å². The van der Waals surface area contributed by atoms with Gasteiger partial charge in [0.1, 0.15) is 13.9 Å². The molecule has 1 N–H and O–H groups in total. The minimum absolute atomic E-state index is 0.0208. The van der Waals surface area contributed by atoms with Crippen LogP contribution in [0.25, 0.3) is 0 Å². The van der Waals surface area contributed by atoms with Gasteiger partial charge < -0.3 is 5.11 Å². The number of rotatable bonds is 7. The van der Waals surface area contributed by atoms with Gasteiger partial charge in [0, 0.05) is 12.0 Å². The summed E-state index contributed by atoms with van der Waals surface area (Å²) in [5, 5.41) is 16.8. The third-order valence-corrected chi connectivity index (χ3v) is 5.48. The summed E-state index contributed by atoms with van der Waals surface area (Å²) in [5.41, 5.74) is 1.53. The molecule has 4 nitrogen and oxygen atoms in total. The number of Topliss-reactive ketones (excluding diaryl/α,β-unsaturated/α-hetero) is 1. The highest BCUT2D eigenvalue weighted by Crippen LogP contribution is 2.52. The second-order valence-electron chi connectivity index (χ2n) is 8.15. The maximum absolute atomic E-state index is 13.0. The minimum Gasteiger partial charge on any atom is -0.392 e. The molecule has 2 atom stereocenters. The van der Waals surface area contributed by atoms with E-state index in [1.165, 1.54) is 19.1 Å². The molecule has 0 aromatic heterocycles. The lowest BCUT2D eigenvalue weighted by molar-refractivity contribution is -0.166. The molecular weight excluding hydrogens is 385 g/mol. The Bertz CT molecular complexity index is 796. The Morgan fingerprint density at radius 2 is 1.79 bits per heavy atom. The van der Waals surface area contributed by atoms with Crippen molar-refractivity contribution >= 4 is 13.9 Å². The van der Waals surface area contributed by atoms with Gasteiger partial charge in [-0.05, 0) is 25.3 Å². The van der Waals surface area contributed by atoms with Crippen molar-refractivity contribution < 1.29 is 23.1 Å². The summed E-state index contributed by atoms with van der Waals surface area (Å²) < 4.78 is 39.0.